The first-order chi connectivity index (χ1) is 15.3. The highest BCUT2D eigenvalue weighted by molar-refractivity contribution is 5.93. The maximum absolute atomic E-state index is 13.9. The molecule has 0 bridgehead atoms. The topological polar surface area (TPSA) is 64.7 Å². The van der Waals surface area contributed by atoms with Crippen LogP contribution >= 0.6 is 0 Å². The number of likely N-dealkylation sites (tertiary alicyclic amines) is 2. The number of likely N-dealkylation sites (N-methyl/N-ethyl adjacent to an activating group) is 1. The fraction of sp³-hybridized carbons (Fsp3) is 0.440. The average Bonchev–Trinajstić information content (AvgIpc) is 3.03. The Kier molecular flexibility index (Phi) is 6.31. The molecule has 2 N–H and O–H groups in total. The van der Waals surface area contributed by atoms with E-state index < -0.39 is 5.54 Å². The highest BCUT2D eigenvalue weighted by Crippen LogP contribution is 2.47. The first kappa shape index (κ1) is 22.4. The third-order valence-corrected chi connectivity index (χ3v) is 6.80. The van der Waals surface area contributed by atoms with Crippen LogP contribution in [0.15, 0.2) is 48.5 Å². The van der Waals surface area contributed by atoms with E-state index in [2.05, 4.69) is 39.6 Å². The SMILES string of the molecule is CC(=O)N[C@@]12CN(C)CC[C@@H]1[C@@H](c1ccccc1)N(CC(=O)Nc1cccc(F)c1C)C2. The Morgan fingerprint density at radius 2 is 1.88 bits per heavy atom. The molecule has 2 aliphatic heterocycles. The largest absolute Gasteiger partial charge is 0.348 e. The summed E-state index contributed by atoms with van der Waals surface area (Å²) < 4.78 is 13.9. The lowest BCUT2D eigenvalue weighted by molar-refractivity contribution is -0.122. The van der Waals surface area contributed by atoms with Crippen LogP contribution in [0.3, 0.4) is 0 Å². The van der Waals surface area contributed by atoms with Crippen LogP contribution in [-0.4, -0.2) is 60.4 Å². The van der Waals surface area contributed by atoms with Gasteiger partial charge < -0.3 is 15.5 Å². The number of anilines is 1. The van der Waals surface area contributed by atoms with Gasteiger partial charge in [-0.05, 0) is 44.6 Å². The zero-order valence-electron chi connectivity index (χ0n) is 18.9. The van der Waals surface area contributed by atoms with Crippen molar-refractivity contribution in [2.45, 2.75) is 31.8 Å². The van der Waals surface area contributed by atoms with Gasteiger partial charge in [0.1, 0.15) is 5.82 Å². The number of fused-ring (bicyclic) bond motifs is 1. The lowest BCUT2D eigenvalue weighted by atomic mass is 9.76. The number of halogens is 1. The molecule has 2 aromatic rings. The molecule has 4 rings (SSSR count). The van der Waals surface area contributed by atoms with E-state index in [-0.39, 0.29) is 36.1 Å². The van der Waals surface area contributed by atoms with Gasteiger partial charge in [-0.25, -0.2) is 4.39 Å². The lowest BCUT2D eigenvalue weighted by Crippen LogP contribution is -2.63. The van der Waals surface area contributed by atoms with Gasteiger partial charge in [0.15, 0.2) is 0 Å². The Morgan fingerprint density at radius 1 is 1.12 bits per heavy atom. The summed E-state index contributed by atoms with van der Waals surface area (Å²) in [6.45, 7) is 5.64. The predicted molar refractivity (Wildman–Crippen MR) is 123 cm³/mol. The van der Waals surface area contributed by atoms with E-state index in [1.807, 2.05) is 18.2 Å². The third-order valence-electron chi connectivity index (χ3n) is 6.80. The molecule has 2 amide bonds. The first-order valence-electron chi connectivity index (χ1n) is 11.1. The fourth-order valence-corrected chi connectivity index (χ4v) is 5.54. The molecular weight excluding hydrogens is 407 g/mol. The molecule has 2 aromatic carbocycles. The molecule has 2 heterocycles. The summed E-state index contributed by atoms with van der Waals surface area (Å²) in [6, 6.07) is 14.9. The van der Waals surface area contributed by atoms with E-state index in [4.69, 9.17) is 0 Å². The normalized spacial score (nSPS) is 25.9. The Balaban J connectivity index is 1.63. The van der Waals surface area contributed by atoms with Crippen LogP contribution in [0.1, 0.15) is 30.5 Å². The van der Waals surface area contributed by atoms with E-state index in [1.165, 1.54) is 6.07 Å². The van der Waals surface area contributed by atoms with Crippen molar-refractivity contribution in [2.24, 2.45) is 5.92 Å². The van der Waals surface area contributed by atoms with Gasteiger partial charge in [-0.15, -0.1) is 0 Å². The van der Waals surface area contributed by atoms with E-state index in [1.54, 1.807) is 26.0 Å². The molecule has 2 fully saturated rings. The van der Waals surface area contributed by atoms with E-state index >= 15 is 0 Å². The fourth-order valence-electron chi connectivity index (χ4n) is 5.54. The van der Waals surface area contributed by atoms with Crippen LogP contribution in [0.2, 0.25) is 0 Å². The molecule has 0 radical (unpaired) electrons. The lowest BCUT2D eigenvalue weighted by Gasteiger charge is -2.44. The van der Waals surface area contributed by atoms with Gasteiger partial charge in [0, 0.05) is 43.2 Å². The number of nitrogens with one attached hydrogen (secondary N) is 2. The number of carbonyl (C=O) groups is 2. The van der Waals surface area contributed by atoms with Crippen LogP contribution in [0.25, 0.3) is 0 Å². The molecule has 32 heavy (non-hydrogen) atoms. The van der Waals surface area contributed by atoms with Gasteiger partial charge in [-0.1, -0.05) is 36.4 Å². The molecule has 3 atom stereocenters. The number of carbonyl (C=O) groups excluding carboxylic acids is 2. The summed E-state index contributed by atoms with van der Waals surface area (Å²) in [5.74, 6) is -0.401. The summed E-state index contributed by atoms with van der Waals surface area (Å²) >= 11 is 0. The number of hydrogen-bond donors (Lipinski definition) is 2. The molecule has 0 unspecified atom stereocenters. The minimum Gasteiger partial charge on any atom is -0.348 e. The Morgan fingerprint density at radius 3 is 2.59 bits per heavy atom. The second-order valence-electron chi connectivity index (χ2n) is 9.19. The van der Waals surface area contributed by atoms with E-state index in [0.29, 0.717) is 17.8 Å². The smallest absolute Gasteiger partial charge is 0.238 e. The van der Waals surface area contributed by atoms with Crippen molar-refractivity contribution >= 4 is 17.5 Å². The van der Waals surface area contributed by atoms with Crippen LogP contribution < -0.4 is 10.6 Å². The average molecular weight is 439 g/mol. The molecule has 6 nitrogen and oxygen atoms in total. The van der Waals surface area contributed by atoms with Crippen molar-refractivity contribution in [3.63, 3.8) is 0 Å². The van der Waals surface area contributed by atoms with Crippen molar-refractivity contribution < 1.29 is 14.0 Å². The quantitative estimate of drug-likeness (QED) is 0.754. The van der Waals surface area contributed by atoms with Crippen LogP contribution in [0, 0.1) is 18.7 Å². The minimum atomic E-state index is -0.422. The van der Waals surface area contributed by atoms with E-state index in [0.717, 1.165) is 25.1 Å². The highest BCUT2D eigenvalue weighted by atomic mass is 19.1. The van der Waals surface area contributed by atoms with Crippen molar-refractivity contribution in [2.75, 3.05) is 38.5 Å². The van der Waals surface area contributed by atoms with Gasteiger partial charge in [0.05, 0.1) is 12.1 Å². The predicted octanol–water partition coefficient (Wildman–Crippen LogP) is 2.96. The van der Waals surface area contributed by atoms with Crippen molar-refractivity contribution in [1.29, 1.82) is 0 Å². The summed E-state index contributed by atoms with van der Waals surface area (Å²) in [4.78, 5) is 29.6. The third kappa shape index (κ3) is 4.40. The van der Waals surface area contributed by atoms with Gasteiger partial charge in [0.25, 0.3) is 0 Å². The molecule has 2 saturated heterocycles. The molecule has 170 valence electrons. The Hall–Kier alpha value is -2.77. The monoisotopic (exact) mass is 438 g/mol. The number of piperidine rings is 1. The summed E-state index contributed by atoms with van der Waals surface area (Å²) in [7, 11) is 2.07. The minimum absolute atomic E-state index is 0.0103. The number of amides is 2. The van der Waals surface area contributed by atoms with Crippen molar-refractivity contribution in [3.05, 3.63) is 65.5 Å². The van der Waals surface area contributed by atoms with Gasteiger partial charge in [0.2, 0.25) is 11.8 Å². The number of nitrogens with zero attached hydrogens (tertiary/aromatic N) is 2. The van der Waals surface area contributed by atoms with Crippen LogP contribution in [0.4, 0.5) is 10.1 Å². The standard InChI is InChI=1S/C25H31FN4O2/c1-17-21(26)10-7-11-22(17)27-23(32)14-30-16-25(28-18(2)31)15-29(3)13-12-20(25)24(30)19-8-5-4-6-9-19/h4-11,20,24H,12-16H2,1-3H3,(H,27,32)(H,28,31)/t20-,24-,25-/m1/s1. The van der Waals surface area contributed by atoms with Gasteiger partial charge in [-0.2, -0.15) is 0 Å². The highest BCUT2D eigenvalue weighted by Gasteiger charge is 2.55. The summed E-state index contributed by atoms with van der Waals surface area (Å²) in [6.07, 6.45) is 0.928. The second-order valence-corrected chi connectivity index (χ2v) is 9.19. The molecule has 0 aliphatic carbocycles. The number of benzene rings is 2. The van der Waals surface area contributed by atoms with Gasteiger partial charge >= 0.3 is 0 Å². The second kappa shape index (κ2) is 9.00. The zero-order valence-corrected chi connectivity index (χ0v) is 18.9. The van der Waals surface area contributed by atoms with Gasteiger partial charge in [-0.3, -0.25) is 14.5 Å². The van der Waals surface area contributed by atoms with Crippen molar-refractivity contribution in [1.82, 2.24) is 15.1 Å². The van der Waals surface area contributed by atoms with E-state index in [9.17, 15) is 14.0 Å². The van der Waals surface area contributed by atoms with Crippen molar-refractivity contribution in [3.8, 4) is 0 Å². The Labute approximate surface area is 188 Å². The first-order valence-corrected chi connectivity index (χ1v) is 11.1. The maximum atomic E-state index is 13.9. The Bertz CT molecular complexity index is 999. The zero-order chi connectivity index (χ0) is 22.9. The van der Waals surface area contributed by atoms with Crippen LogP contribution in [-0.2, 0) is 9.59 Å². The maximum Gasteiger partial charge on any atom is 0.238 e. The number of rotatable bonds is 5. The summed E-state index contributed by atoms with van der Waals surface area (Å²) in [5, 5.41) is 6.13. The summed E-state index contributed by atoms with van der Waals surface area (Å²) in [5.41, 5.74) is 1.63. The molecule has 0 aromatic heterocycles. The number of hydrogen-bond acceptors (Lipinski definition) is 4. The van der Waals surface area contributed by atoms with Crippen LogP contribution in [0.5, 0.6) is 0 Å². The molecule has 2 aliphatic rings. The molecule has 0 saturated carbocycles. The molecule has 0 spiro atoms. The molecule has 7 heteroatoms. The molecular formula is C25H31FN4O2.